The summed E-state index contributed by atoms with van der Waals surface area (Å²) in [6, 6.07) is 9.74. The number of aryl methyl sites for hydroxylation is 1. The molecular formula is C25H23N5O2S2. The summed E-state index contributed by atoms with van der Waals surface area (Å²) >= 11 is 3.01. The van der Waals surface area contributed by atoms with Gasteiger partial charge in [-0.2, -0.15) is 16.4 Å². The van der Waals surface area contributed by atoms with E-state index in [-0.39, 0.29) is 5.91 Å². The van der Waals surface area contributed by atoms with Crippen molar-refractivity contribution in [2.24, 2.45) is 0 Å². The Bertz CT molecular complexity index is 1430. The van der Waals surface area contributed by atoms with Crippen LogP contribution in [0.5, 0.6) is 0 Å². The van der Waals surface area contributed by atoms with Crippen LogP contribution in [0.3, 0.4) is 0 Å². The number of nitrogens with zero attached hydrogens (tertiary/aromatic N) is 4. The molecule has 34 heavy (non-hydrogen) atoms. The standard InChI is InChI=1S/C25H23N5O2S2/c1-25(2,32)6-8-30-13-18-10-21(19(11-20(18)29-30)17-5-9-33-14-17)27-23(31)22-15-34-24(28-22)16-4-3-7-26-12-16/h3-5,7,9-15,32H,6,8H2,1-2H3,(H,27,31). The SMILES string of the molecule is CC(C)(O)CCn1cc2cc(NC(=O)c3csc(-c4cccnc4)n3)c(-c3ccsc3)cc2n1. The predicted octanol–water partition coefficient (Wildman–Crippen LogP) is 5.70. The lowest BCUT2D eigenvalue weighted by Crippen LogP contribution is -2.21. The Morgan fingerprint density at radius 2 is 2.09 bits per heavy atom. The highest BCUT2D eigenvalue weighted by Crippen LogP contribution is 2.34. The van der Waals surface area contributed by atoms with E-state index in [4.69, 9.17) is 0 Å². The molecule has 4 heterocycles. The Balaban J connectivity index is 1.46. The first-order valence-electron chi connectivity index (χ1n) is 10.8. The van der Waals surface area contributed by atoms with Crippen molar-refractivity contribution in [3.8, 4) is 21.7 Å². The molecule has 5 rings (SSSR count). The lowest BCUT2D eigenvalue weighted by molar-refractivity contribution is 0.0651. The topological polar surface area (TPSA) is 92.9 Å². The monoisotopic (exact) mass is 489 g/mol. The molecule has 5 aromatic rings. The maximum atomic E-state index is 13.1. The van der Waals surface area contributed by atoms with Gasteiger partial charge in [-0.05, 0) is 66.9 Å². The van der Waals surface area contributed by atoms with Crippen LogP contribution in [0.2, 0.25) is 0 Å². The van der Waals surface area contributed by atoms with E-state index in [0.717, 1.165) is 32.6 Å². The van der Waals surface area contributed by atoms with Gasteiger partial charge < -0.3 is 10.4 Å². The Kier molecular flexibility index (Phi) is 5.99. The number of hydrogen-bond acceptors (Lipinski definition) is 7. The van der Waals surface area contributed by atoms with Crippen LogP contribution in [0.1, 0.15) is 30.8 Å². The second kappa shape index (κ2) is 9.09. The largest absolute Gasteiger partial charge is 0.390 e. The summed E-state index contributed by atoms with van der Waals surface area (Å²) in [5.41, 5.74) is 3.93. The van der Waals surface area contributed by atoms with Gasteiger partial charge in [0.25, 0.3) is 5.91 Å². The van der Waals surface area contributed by atoms with Gasteiger partial charge in [0.05, 0.1) is 11.1 Å². The molecule has 0 aliphatic rings. The Morgan fingerprint density at radius 3 is 2.82 bits per heavy atom. The number of fused-ring (bicyclic) bond motifs is 1. The number of aliphatic hydroxyl groups is 1. The third kappa shape index (κ3) is 4.91. The second-order valence-corrected chi connectivity index (χ2v) is 10.3. The number of rotatable bonds is 7. The molecule has 1 amide bonds. The molecule has 0 aliphatic carbocycles. The highest BCUT2D eigenvalue weighted by atomic mass is 32.1. The number of carbonyl (C=O) groups is 1. The predicted molar refractivity (Wildman–Crippen MR) is 137 cm³/mol. The normalized spacial score (nSPS) is 11.7. The molecular weight excluding hydrogens is 466 g/mol. The first-order valence-corrected chi connectivity index (χ1v) is 12.6. The molecule has 0 saturated heterocycles. The number of anilines is 1. The summed E-state index contributed by atoms with van der Waals surface area (Å²) in [6.45, 7) is 4.18. The highest BCUT2D eigenvalue weighted by Gasteiger charge is 2.18. The number of thiazole rings is 1. The van der Waals surface area contributed by atoms with Crippen LogP contribution in [0, 0.1) is 0 Å². The van der Waals surface area contributed by atoms with Gasteiger partial charge in [0.15, 0.2) is 0 Å². The highest BCUT2D eigenvalue weighted by molar-refractivity contribution is 7.13. The lowest BCUT2D eigenvalue weighted by Gasteiger charge is -2.16. The van der Waals surface area contributed by atoms with Crippen LogP contribution in [-0.4, -0.2) is 36.4 Å². The van der Waals surface area contributed by atoms with Gasteiger partial charge in [-0.3, -0.25) is 14.5 Å². The quantitative estimate of drug-likeness (QED) is 0.306. The van der Waals surface area contributed by atoms with E-state index in [1.165, 1.54) is 11.3 Å². The van der Waals surface area contributed by atoms with Crippen molar-refractivity contribution >= 4 is 45.2 Å². The molecule has 4 aromatic heterocycles. The summed E-state index contributed by atoms with van der Waals surface area (Å²) in [7, 11) is 0. The third-order valence-electron chi connectivity index (χ3n) is 5.37. The molecule has 0 radical (unpaired) electrons. The van der Waals surface area contributed by atoms with Crippen molar-refractivity contribution in [3.05, 3.63) is 70.8 Å². The zero-order chi connectivity index (χ0) is 23.7. The summed E-state index contributed by atoms with van der Waals surface area (Å²) in [5.74, 6) is -0.267. The van der Waals surface area contributed by atoms with Gasteiger partial charge >= 0.3 is 0 Å². The Labute approximate surface area is 204 Å². The minimum atomic E-state index is -0.763. The Hall–Kier alpha value is -3.40. The fraction of sp³-hybridized carbons (Fsp3) is 0.200. The van der Waals surface area contributed by atoms with Crippen molar-refractivity contribution in [1.82, 2.24) is 19.7 Å². The fourth-order valence-corrected chi connectivity index (χ4v) is 5.02. The zero-order valence-electron chi connectivity index (χ0n) is 18.7. The smallest absolute Gasteiger partial charge is 0.275 e. The van der Waals surface area contributed by atoms with Gasteiger partial charge in [-0.1, -0.05) is 0 Å². The minimum absolute atomic E-state index is 0.267. The van der Waals surface area contributed by atoms with E-state index in [1.807, 2.05) is 52.0 Å². The molecule has 0 spiro atoms. The van der Waals surface area contributed by atoms with Crippen LogP contribution in [-0.2, 0) is 6.54 Å². The van der Waals surface area contributed by atoms with Crippen molar-refractivity contribution in [2.75, 3.05) is 5.32 Å². The van der Waals surface area contributed by atoms with Crippen LogP contribution < -0.4 is 5.32 Å². The molecule has 0 unspecified atom stereocenters. The van der Waals surface area contributed by atoms with Crippen molar-refractivity contribution in [3.63, 3.8) is 0 Å². The zero-order valence-corrected chi connectivity index (χ0v) is 20.4. The van der Waals surface area contributed by atoms with Crippen LogP contribution in [0.4, 0.5) is 5.69 Å². The van der Waals surface area contributed by atoms with Gasteiger partial charge in [0, 0.05) is 52.7 Å². The van der Waals surface area contributed by atoms with Gasteiger partial charge in [0.1, 0.15) is 10.7 Å². The molecule has 7 nitrogen and oxygen atoms in total. The van der Waals surface area contributed by atoms with E-state index in [9.17, 15) is 9.90 Å². The van der Waals surface area contributed by atoms with E-state index in [2.05, 4.69) is 20.4 Å². The van der Waals surface area contributed by atoms with E-state index < -0.39 is 5.60 Å². The summed E-state index contributed by atoms with van der Waals surface area (Å²) in [6.07, 6.45) is 5.97. The number of carbonyl (C=O) groups excluding carboxylic acids is 1. The van der Waals surface area contributed by atoms with Crippen LogP contribution >= 0.6 is 22.7 Å². The van der Waals surface area contributed by atoms with Gasteiger partial charge in [0.2, 0.25) is 0 Å². The Morgan fingerprint density at radius 1 is 1.21 bits per heavy atom. The first kappa shape index (κ1) is 22.4. The summed E-state index contributed by atoms with van der Waals surface area (Å²) in [5, 5.41) is 25.3. The number of hydrogen-bond donors (Lipinski definition) is 2. The van der Waals surface area contributed by atoms with Crippen molar-refractivity contribution in [1.29, 1.82) is 0 Å². The molecule has 2 N–H and O–H groups in total. The molecule has 0 atom stereocenters. The number of nitrogens with one attached hydrogen (secondary N) is 1. The maximum Gasteiger partial charge on any atom is 0.275 e. The number of thiophene rings is 1. The van der Waals surface area contributed by atoms with E-state index in [1.54, 1.807) is 43.0 Å². The first-order chi connectivity index (χ1) is 16.4. The number of aromatic nitrogens is 4. The number of benzene rings is 1. The van der Waals surface area contributed by atoms with Crippen molar-refractivity contribution < 1.29 is 9.90 Å². The lowest BCUT2D eigenvalue weighted by atomic mass is 10.0. The maximum absolute atomic E-state index is 13.1. The number of pyridine rings is 1. The van der Waals surface area contributed by atoms with Crippen molar-refractivity contribution in [2.45, 2.75) is 32.4 Å². The van der Waals surface area contributed by atoms with E-state index in [0.29, 0.717) is 24.3 Å². The average molecular weight is 490 g/mol. The average Bonchev–Trinajstić information content (AvgIpc) is 3.57. The summed E-state index contributed by atoms with van der Waals surface area (Å²) < 4.78 is 1.84. The van der Waals surface area contributed by atoms with Gasteiger partial charge in [-0.15, -0.1) is 11.3 Å². The second-order valence-electron chi connectivity index (χ2n) is 8.66. The molecule has 0 fully saturated rings. The molecule has 0 saturated carbocycles. The molecule has 172 valence electrons. The third-order valence-corrected chi connectivity index (χ3v) is 6.94. The molecule has 0 bridgehead atoms. The van der Waals surface area contributed by atoms with E-state index >= 15 is 0 Å². The molecule has 9 heteroatoms. The minimum Gasteiger partial charge on any atom is -0.390 e. The van der Waals surface area contributed by atoms with Gasteiger partial charge in [-0.25, -0.2) is 4.98 Å². The molecule has 0 aliphatic heterocycles. The molecule has 1 aromatic carbocycles. The number of amides is 1. The fourth-order valence-electron chi connectivity index (χ4n) is 3.57. The summed E-state index contributed by atoms with van der Waals surface area (Å²) in [4.78, 5) is 21.7. The van der Waals surface area contributed by atoms with Crippen LogP contribution in [0.15, 0.2) is 65.1 Å². The van der Waals surface area contributed by atoms with Crippen LogP contribution in [0.25, 0.3) is 32.6 Å².